The second-order valence-electron chi connectivity index (χ2n) is 7.25. The molecule has 0 bridgehead atoms. The van der Waals surface area contributed by atoms with Crippen LogP contribution in [-0.4, -0.2) is 37.8 Å². The molecule has 0 atom stereocenters. The number of nitrogens with one attached hydrogen (secondary N) is 1. The SMILES string of the molecule is Nc1ncc(-c2cnn(C3CCNCC3)c2)cc1-c1nc2c([N+](=O)[O-])cccc2o1. The summed E-state index contributed by atoms with van der Waals surface area (Å²) in [4.78, 5) is 19.4. The van der Waals surface area contributed by atoms with Crippen LogP contribution in [0.5, 0.6) is 0 Å². The number of para-hydroxylation sites is 1. The lowest BCUT2D eigenvalue weighted by Crippen LogP contribution is -2.29. The van der Waals surface area contributed by atoms with Gasteiger partial charge in [0, 0.05) is 29.6 Å². The van der Waals surface area contributed by atoms with Gasteiger partial charge in [0.2, 0.25) is 5.89 Å². The summed E-state index contributed by atoms with van der Waals surface area (Å²) < 4.78 is 7.75. The lowest BCUT2D eigenvalue weighted by Gasteiger charge is -2.22. The van der Waals surface area contributed by atoms with Crippen molar-refractivity contribution in [2.24, 2.45) is 0 Å². The first-order valence-corrected chi connectivity index (χ1v) is 9.65. The van der Waals surface area contributed by atoms with Crippen LogP contribution in [0, 0.1) is 10.1 Å². The largest absolute Gasteiger partial charge is 0.436 e. The molecule has 0 radical (unpaired) electrons. The number of aromatic nitrogens is 4. The summed E-state index contributed by atoms with van der Waals surface area (Å²) in [6, 6.07) is 6.78. The van der Waals surface area contributed by atoms with Crippen molar-refractivity contribution in [2.45, 2.75) is 18.9 Å². The summed E-state index contributed by atoms with van der Waals surface area (Å²) in [5.74, 6) is 0.426. The van der Waals surface area contributed by atoms with E-state index in [1.54, 1.807) is 24.5 Å². The third kappa shape index (κ3) is 3.16. The Bertz CT molecular complexity index is 1240. The number of fused-ring (bicyclic) bond motifs is 1. The number of piperidine rings is 1. The number of non-ortho nitro benzene ring substituents is 1. The molecule has 1 fully saturated rings. The van der Waals surface area contributed by atoms with Crippen molar-refractivity contribution in [1.82, 2.24) is 25.1 Å². The number of rotatable bonds is 4. The van der Waals surface area contributed by atoms with Crippen LogP contribution in [0.15, 0.2) is 47.3 Å². The maximum atomic E-state index is 11.3. The maximum absolute atomic E-state index is 11.3. The number of nitro benzene ring substituents is 1. The molecule has 0 unspecified atom stereocenters. The Labute approximate surface area is 170 Å². The summed E-state index contributed by atoms with van der Waals surface area (Å²) in [6.07, 6.45) is 7.55. The predicted octanol–water partition coefficient (Wildman–Crippen LogP) is 3.17. The van der Waals surface area contributed by atoms with Gasteiger partial charge in [0.05, 0.1) is 22.7 Å². The van der Waals surface area contributed by atoms with Crippen LogP contribution in [0.25, 0.3) is 33.7 Å². The number of benzene rings is 1. The number of hydrogen-bond acceptors (Lipinski definition) is 8. The smallest absolute Gasteiger partial charge is 0.298 e. The van der Waals surface area contributed by atoms with Crippen molar-refractivity contribution < 1.29 is 9.34 Å². The molecule has 0 spiro atoms. The zero-order chi connectivity index (χ0) is 20.7. The molecule has 0 aliphatic carbocycles. The van der Waals surface area contributed by atoms with Gasteiger partial charge in [0.1, 0.15) is 5.82 Å². The molecular weight excluding hydrogens is 386 g/mol. The van der Waals surface area contributed by atoms with E-state index < -0.39 is 4.92 Å². The molecule has 4 heterocycles. The van der Waals surface area contributed by atoms with Crippen molar-refractivity contribution in [2.75, 3.05) is 18.8 Å². The quantitative estimate of drug-likeness (QED) is 0.390. The highest BCUT2D eigenvalue weighted by Gasteiger charge is 2.21. The highest BCUT2D eigenvalue weighted by Crippen LogP contribution is 2.34. The van der Waals surface area contributed by atoms with Crippen LogP contribution in [0.2, 0.25) is 0 Å². The van der Waals surface area contributed by atoms with Gasteiger partial charge in [-0.1, -0.05) is 6.07 Å². The Hall–Kier alpha value is -3.79. The van der Waals surface area contributed by atoms with Gasteiger partial charge in [0.15, 0.2) is 11.1 Å². The molecule has 3 N–H and O–H groups in total. The zero-order valence-corrected chi connectivity index (χ0v) is 16.0. The number of nitrogen functional groups attached to an aromatic ring is 1. The Balaban J connectivity index is 1.53. The average Bonchev–Trinajstić information content (AvgIpc) is 3.42. The van der Waals surface area contributed by atoms with Crippen molar-refractivity contribution in [3.8, 4) is 22.6 Å². The number of nitro groups is 1. The minimum absolute atomic E-state index is 0.117. The van der Waals surface area contributed by atoms with E-state index in [1.807, 2.05) is 16.9 Å². The van der Waals surface area contributed by atoms with E-state index in [4.69, 9.17) is 10.2 Å². The second-order valence-corrected chi connectivity index (χ2v) is 7.25. The molecular formula is C20H19N7O3. The van der Waals surface area contributed by atoms with Crippen molar-refractivity contribution in [3.05, 3.63) is 53.0 Å². The first-order valence-electron chi connectivity index (χ1n) is 9.65. The molecule has 10 nitrogen and oxygen atoms in total. The minimum Gasteiger partial charge on any atom is -0.436 e. The van der Waals surface area contributed by atoms with E-state index in [0.717, 1.165) is 37.1 Å². The summed E-state index contributed by atoms with van der Waals surface area (Å²) in [6.45, 7) is 1.97. The van der Waals surface area contributed by atoms with Crippen LogP contribution in [0.3, 0.4) is 0 Å². The van der Waals surface area contributed by atoms with E-state index in [-0.39, 0.29) is 22.9 Å². The van der Waals surface area contributed by atoms with Crippen molar-refractivity contribution in [1.29, 1.82) is 0 Å². The topological polar surface area (TPSA) is 138 Å². The number of nitrogens with zero attached hydrogens (tertiary/aromatic N) is 5. The Kier molecular flexibility index (Phi) is 4.40. The van der Waals surface area contributed by atoms with Gasteiger partial charge in [-0.05, 0) is 38.1 Å². The van der Waals surface area contributed by atoms with Gasteiger partial charge in [-0.3, -0.25) is 14.8 Å². The molecule has 1 aromatic carbocycles. The third-order valence-corrected chi connectivity index (χ3v) is 5.36. The highest BCUT2D eigenvalue weighted by molar-refractivity contribution is 5.86. The van der Waals surface area contributed by atoms with E-state index in [2.05, 4.69) is 20.4 Å². The fraction of sp³-hybridized carbons (Fsp3) is 0.250. The molecule has 4 aromatic rings. The molecule has 152 valence electrons. The van der Waals surface area contributed by atoms with Gasteiger partial charge < -0.3 is 15.5 Å². The Morgan fingerprint density at radius 3 is 2.87 bits per heavy atom. The van der Waals surface area contributed by atoms with Crippen LogP contribution in [0.1, 0.15) is 18.9 Å². The van der Waals surface area contributed by atoms with E-state index >= 15 is 0 Å². The molecule has 10 heteroatoms. The van der Waals surface area contributed by atoms with Crippen molar-refractivity contribution in [3.63, 3.8) is 0 Å². The average molecular weight is 405 g/mol. The number of oxazole rings is 1. The van der Waals surface area contributed by atoms with E-state index in [1.165, 1.54) is 6.07 Å². The molecule has 0 amide bonds. The molecule has 1 aliphatic heterocycles. The lowest BCUT2D eigenvalue weighted by atomic mass is 10.1. The van der Waals surface area contributed by atoms with Gasteiger partial charge in [0.25, 0.3) is 5.69 Å². The van der Waals surface area contributed by atoms with Crippen LogP contribution < -0.4 is 11.1 Å². The van der Waals surface area contributed by atoms with Crippen LogP contribution >= 0.6 is 0 Å². The molecule has 1 saturated heterocycles. The molecule has 5 rings (SSSR count). The van der Waals surface area contributed by atoms with Crippen LogP contribution in [0.4, 0.5) is 11.5 Å². The molecule has 3 aromatic heterocycles. The second kappa shape index (κ2) is 7.23. The molecule has 30 heavy (non-hydrogen) atoms. The molecule has 0 saturated carbocycles. The number of nitrogens with two attached hydrogens (primary N) is 1. The van der Waals surface area contributed by atoms with Gasteiger partial charge in [-0.15, -0.1) is 0 Å². The molecule has 1 aliphatic rings. The van der Waals surface area contributed by atoms with Gasteiger partial charge >= 0.3 is 0 Å². The fourth-order valence-corrected chi connectivity index (χ4v) is 3.76. The summed E-state index contributed by atoms with van der Waals surface area (Å²) in [7, 11) is 0. The van der Waals surface area contributed by atoms with Crippen LogP contribution in [-0.2, 0) is 0 Å². The van der Waals surface area contributed by atoms with Gasteiger partial charge in [-0.25, -0.2) is 9.97 Å². The predicted molar refractivity (Wildman–Crippen MR) is 111 cm³/mol. The normalized spacial score (nSPS) is 14.9. The third-order valence-electron chi connectivity index (χ3n) is 5.36. The Morgan fingerprint density at radius 1 is 1.23 bits per heavy atom. The maximum Gasteiger partial charge on any atom is 0.298 e. The Morgan fingerprint density at radius 2 is 2.07 bits per heavy atom. The number of pyridine rings is 1. The summed E-state index contributed by atoms with van der Waals surface area (Å²) in [5.41, 5.74) is 8.66. The van der Waals surface area contributed by atoms with Crippen molar-refractivity contribution >= 4 is 22.6 Å². The van der Waals surface area contributed by atoms with E-state index in [9.17, 15) is 10.1 Å². The zero-order valence-electron chi connectivity index (χ0n) is 16.0. The van der Waals surface area contributed by atoms with E-state index in [0.29, 0.717) is 17.2 Å². The van der Waals surface area contributed by atoms with Gasteiger partial charge in [-0.2, -0.15) is 5.10 Å². The number of anilines is 1. The first kappa shape index (κ1) is 18.3. The fourth-order valence-electron chi connectivity index (χ4n) is 3.76. The number of hydrogen-bond donors (Lipinski definition) is 2. The summed E-state index contributed by atoms with van der Waals surface area (Å²) in [5, 5.41) is 19.1. The summed E-state index contributed by atoms with van der Waals surface area (Å²) >= 11 is 0. The minimum atomic E-state index is -0.484. The highest BCUT2D eigenvalue weighted by atomic mass is 16.6. The standard InChI is InChI=1S/C20H19N7O3/c21-19-15(20-25-18-16(27(28)29)2-1-3-17(18)30-20)8-12(9-23-19)13-10-24-26(11-13)14-4-6-22-7-5-14/h1-3,8-11,14,22H,4-7H2,(H2,21,23). The lowest BCUT2D eigenvalue weighted by molar-refractivity contribution is -0.383. The monoisotopic (exact) mass is 405 g/mol. The first-order chi connectivity index (χ1) is 14.6.